The normalized spacial score (nSPS) is 13.7. The van der Waals surface area contributed by atoms with Gasteiger partial charge in [0, 0.05) is 17.4 Å². The highest BCUT2D eigenvalue weighted by molar-refractivity contribution is 6.21. The molecule has 0 bridgehead atoms. The maximum Gasteiger partial charge on any atom is 0.331 e. The number of ether oxygens (including phenoxy) is 1. The summed E-state index contributed by atoms with van der Waals surface area (Å²) in [5.41, 5.74) is 1.78. The Morgan fingerprint density at radius 3 is 2.64 bits per heavy atom. The Hall–Kier alpha value is -3.87. The van der Waals surface area contributed by atoms with E-state index < -0.39 is 17.1 Å². The van der Waals surface area contributed by atoms with E-state index in [9.17, 15) is 14.7 Å². The van der Waals surface area contributed by atoms with Crippen molar-refractivity contribution in [1.82, 2.24) is 9.55 Å². The Morgan fingerprint density at radius 1 is 1.14 bits per heavy atom. The fourth-order valence-corrected chi connectivity index (χ4v) is 3.07. The Labute approximate surface area is 159 Å². The van der Waals surface area contributed by atoms with Gasteiger partial charge >= 0.3 is 5.69 Å². The number of allylic oxidation sites excluding steroid dienone is 1. The lowest BCUT2D eigenvalue weighted by molar-refractivity contribution is 0.407. The van der Waals surface area contributed by atoms with E-state index in [1.807, 2.05) is 24.3 Å². The Morgan fingerprint density at radius 2 is 1.89 bits per heavy atom. The van der Waals surface area contributed by atoms with Gasteiger partial charge in [0.25, 0.3) is 5.56 Å². The molecule has 0 radical (unpaired) electrons. The van der Waals surface area contributed by atoms with E-state index in [1.54, 1.807) is 37.6 Å². The van der Waals surface area contributed by atoms with Crippen molar-refractivity contribution >= 4 is 23.6 Å². The maximum atomic E-state index is 12.3. The number of para-hydroxylation sites is 1. The molecule has 0 fully saturated rings. The number of fused-ring (bicyclic) bond motifs is 1. The number of aromatic hydroxyl groups is 1. The van der Waals surface area contributed by atoms with Gasteiger partial charge in [-0.2, -0.15) is 0 Å². The summed E-state index contributed by atoms with van der Waals surface area (Å²) in [5, 5.41) is 10.7. The van der Waals surface area contributed by atoms with Gasteiger partial charge in [-0.05, 0) is 29.8 Å². The molecule has 1 aliphatic heterocycles. The molecule has 0 unspecified atom stereocenters. The number of rotatable bonds is 4. The molecule has 0 amide bonds. The molecule has 0 saturated carbocycles. The zero-order valence-electron chi connectivity index (χ0n) is 15.0. The number of methoxy groups -OCH3 is 1. The first kappa shape index (κ1) is 17.5. The monoisotopic (exact) mass is 375 g/mol. The number of hydrogen-bond donors (Lipinski definition) is 2. The van der Waals surface area contributed by atoms with Gasteiger partial charge in [-0.3, -0.25) is 19.3 Å². The van der Waals surface area contributed by atoms with E-state index in [4.69, 9.17) is 4.74 Å². The molecule has 28 heavy (non-hydrogen) atoms. The quantitative estimate of drug-likeness (QED) is 0.732. The van der Waals surface area contributed by atoms with Gasteiger partial charge in [0.15, 0.2) is 0 Å². The molecule has 3 aromatic rings. The van der Waals surface area contributed by atoms with Crippen LogP contribution in [0.15, 0.2) is 63.1 Å². The number of aromatic nitrogens is 2. The molecular formula is C21H17N3O4. The van der Waals surface area contributed by atoms with E-state index in [2.05, 4.69) is 9.98 Å². The van der Waals surface area contributed by atoms with Crippen LogP contribution in [0, 0.1) is 0 Å². The van der Waals surface area contributed by atoms with Gasteiger partial charge in [-0.25, -0.2) is 4.79 Å². The lowest BCUT2D eigenvalue weighted by Gasteiger charge is -2.11. The summed E-state index contributed by atoms with van der Waals surface area (Å²) in [6.45, 7) is 0.103. The molecule has 4 rings (SSSR count). The van der Waals surface area contributed by atoms with E-state index in [1.165, 1.54) is 6.08 Å². The molecule has 1 aliphatic rings. The van der Waals surface area contributed by atoms with Gasteiger partial charge in [0.1, 0.15) is 11.3 Å². The Kier molecular flexibility index (Phi) is 4.41. The zero-order chi connectivity index (χ0) is 19.7. The maximum absolute atomic E-state index is 12.3. The number of aliphatic imine (C=N–C) groups is 1. The molecule has 2 N–H and O–H groups in total. The molecule has 0 saturated heterocycles. The minimum Gasteiger partial charge on any atom is -0.497 e. The average Bonchev–Trinajstić information content (AvgIpc) is 3.12. The molecule has 2 aromatic carbocycles. The lowest BCUT2D eigenvalue weighted by atomic mass is 10.1. The van der Waals surface area contributed by atoms with Crippen molar-refractivity contribution < 1.29 is 9.84 Å². The van der Waals surface area contributed by atoms with Gasteiger partial charge in [-0.15, -0.1) is 0 Å². The van der Waals surface area contributed by atoms with Crippen LogP contribution in [0.4, 0.5) is 5.69 Å². The van der Waals surface area contributed by atoms with Gasteiger partial charge in [0.2, 0.25) is 5.88 Å². The molecule has 7 heteroatoms. The second-order valence-corrected chi connectivity index (χ2v) is 6.31. The van der Waals surface area contributed by atoms with E-state index in [-0.39, 0.29) is 12.1 Å². The first-order valence-corrected chi connectivity index (χ1v) is 8.61. The number of H-pyrrole nitrogens is 1. The molecule has 7 nitrogen and oxygen atoms in total. The molecule has 0 spiro atoms. The van der Waals surface area contributed by atoms with Crippen molar-refractivity contribution in [3.63, 3.8) is 0 Å². The first-order chi connectivity index (χ1) is 13.6. The molecule has 0 aliphatic carbocycles. The number of nitrogens with one attached hydrogen (secondary N) is 1. The fraction of sp³-hybridized carbons (Fsp3) is 0.0952. The van der Waals surface area contributed by atoms with Gasteiger partial charge < -0.3 is 9.84 Å². The molecule has 140 valence electrons. The highest BCUT2D eigenvalue weighted by Crippen LogP contribution is 2.32. The standard InChI is InChI=1S/C21H17N3O4/c1-28-15-8-6-13(7-9-15)12-24-20(26)17(19(25)23-21(24)27)10-14-11-22-18-5-3-2-4-16(14)18/h2-11,26H,12H2,1H3,(H,23,25,27)/b14-10-. The summed E-state index contributed by atoms with van der Waals surface area (Å²) in [5.74, 6) is 0.293. The van der Waals surface area contributed by atoms with Crippen LogP contribution < -0.4 is 16.0 Å². The zero-order valence-corrected chi connectivity index (χ0v) is 15.0. The van der Waals surface area contributed by atoms with Crippen LogP contribution in [0.3, 0.4) is 0 Å². The summed E-state index contributed by atoms with van der Waals surface area (Å²) in [6, 6.07) is 14.6. The topological polar surface area (TPSA) is 96.7 Å². The number of hydrogen-bond acceptors (Lipinski definition) is 5. The molecule has 2 heterocycles. The number of aromatic amines is 1. The fourth-order valence-electron chi connectivity index (χ4n) is 3.07. The van der Waals surface area contributed by atoms with E-state index >= 15 is 0 Å². The SMILES string of the molecule is COc1ccc(Cn2c(O)c(/C=C3/C=Nc4ccccc43)c(=O)[nH]c2=O)cc1. The molecule has 0 atom stereocenters. The van der Waals surface area contributed by atoms with Gasteiger partial charge in [-0.1, -0.05) is 30.3 Å². The summed E-state index contributed by atoms with van der Waals surface area (Å²) < 4.78 is 6.24. The number of benzene rings is 2. The largest absolute Gasteiger partial charge is 0.497 e. The summed E-state index contributed by atoms with van der Waals surface area (Å²) >= 11 is 0. The predicted octanol–water partition coefficient (Wildman–Crippen LogP) is 2.56. The van der Waals surface area contributed by atoms with Crippen molar-refractivity contribution in [3.05, 3.63) is 86.1 Å². The second kappa shape index (κ2) is 7.03. The lowest BCUT2D eigenvalue weighted by Crippen LogP contribution is -2.31. The highest BCUT2D eigenvalue weighted by Gasteiger charge is 2.17. The van der Waals surface area contributed by atoms with Crippen LogP contribution >= 0.6 is 0 Å². The highest BCUT2D eigenvalue weighted by atomic mass is 16.5. The first-order valence-electron chi connectivity index (χ1n) is 8.61. The van der Waals surface area contributed by atoms with Crippen LogP contribution in [0.25, 0.3) is 11.6 Å². The minimum absolute atomic E-state index is 0.00580. The van der Waals surface area contributed by atoms with Crippen LogP contribution in [0.2, 0.25) is 0 Å². The van der Waals surface area contributed by atoms with E-state index in [0.717, 1.165) is 21.4 Å². The average molecular weight is 375 g/mol. The molecular weight excluding hydrogens is 358 g/mol. The summed E-state index contributed by atoms with van der Waals surface area (Å²) in [7, 11) is 1.57. The summed E-state index contributed by atoms with van der Waals surface area (Å²) in [6.07, 6.45) is 3.16. The third-order valence-electron chi connectivity index (χ3n) is 4.56. The molecule has 1 aromatic heterocycles. The van der Waals surface area contributed by atoms with Crippen molar-refractivity contribution in [2.24, 2.45) is 4.99 Å². The Balaban J connectivity index is 1.76. The van der Waals surface area contributed by atoms with Crippen LogP contribution in [-0.2, 0) is 6.54 Å². The van der Waals surface area contributed by atoms with Crippen molar-refractivity contribution in [1.29, 1.82) is 0 Å². The number of nitrogens with zero attached hydrogens (tertiary/aromatic N) is 2. The van der Waals surface area contributed by atoms with Gasteiger partial charge in [0.05, 0.1) is 19.3 Å². The Bertz CT molecular complexity index is 1220. The van der Waals surface area contributed by atoms with Crippen LogP contribution in [0.5, 0.6) is 11.6 Å². The third-order valence-corrected chi connectivity index (χ3v) is 4.56. The summed E-state index contributed by atoms with van der Waals surface area (Å²) in [4.78, 5) is 31.1. The predicted molar refractivity (Wildman–Crippen MR) is 108 cm³/mol. The van der Waals surface area contributed by atoms with Crippen molar-refractivity contribution in [2.75, 3.05) is 7.11 Å². The second-order valence-electron chi connectivity index (χ2n) is 6.31. The van der Waals surface area contributed by atoms with Crippen LogP contribution in [0.1, 0.15) is 16.7 Å². The van der Waals surface area contributed by atoms with E-state index in [0.29, 0.717) is 11.3 Å². The van der Waals surface area contributed by atoms with Crippen LogP contribution in [-0.4, -0.2) is 28.0 Å². The smallest absolute Gasteiger partial charge is 0.331 e. The van der Waals surface area contributed by atoms with Crippen molar-refractivity contribution in [3.8, 4) is 11.6 Å². The minimum atomic E-state index is -0.680. The third kappa shape index (κ3) is 3.14. The van der Waals surface area contributed by atoms with Crippen molar-refractivity contribution in [2.45, 2.75) is 6.54 Å².